The van der Waals surface area contributed by atoms with Crippen LogP contribution in [0.2, 0.25) is 0 Å². The third-order valence-electron chi connectivity index (χ3n) is 4.02. The molecule has 0 saturated heterocycles. The van der Waals surface area contributed by atoms with Gasteiger partial charge in [-0.2, -0.15) is 0 Å². The Morgan fingerprint density at radius 2 is 1.83 bits per heavy atom. The van der Waals surface area contributed by atoms with E-state index in [-0.39, 0.29) is 6.04 Å². The predicted molar refractivity (Wildman–Crippen MR) is 84.8 cm³/mol. The van der Waals surface area contributed by atoms with Crippen LogP contribution in [0, 0.1) is 5.92 Å². The molecule has 1 fully saturated rings. The van der Waals surface area contributed by atoms with E-state index in [1.165, 1.54) is 6.42 Å². The molecule has 0 aromatic heterocycles. The second-order valence-electron chi connectivity index (χ2n) is 5.83. The van der Waals surface area contributed by atoms with Gasteiger partial charge in [-0.3, -0.25) is 10.1 Å². The van der Waals surface area contributed by atoms with E-state index < -0.39 is 24.5 Å². The molecule has 6 nitrogen and oxygen atoms in total. The average molecular weight is 318 g/mol. The highest BCUT2D eigenvalue weighted by Crippen LogP contribution is 2.23. The summed E-state index contributed by atoms with van der Waals surface area (Å²) in [6, 6.07) is 7.92. The molecule has 6 heteroatoms. The first-order valence-corrected chi connectivity index (χ1v) is 7.89. The highest BCUT2D eigenvalue weighted by molar-refractivity contribution is 5.97. The SMILES string of the molecule is C[C@H]1CCCC[C@H]1NC(=O)NC(=O)COC(=O)c1ccccc1. The van der Waals surface area contributed by atoms with E-state index in [4.69, 9.17) is 4.74 Å². The van der Waals surface area contributed by atoms with Gasteiger partial charge in [-0.1, -0.05) is 38.0 Å². The van der Waals surface area contributed by atoms with Crippen LogP contribution in [0.5, 0.6) is 0 Å². The first-order chi connectivity index (χ1) is 11.1. The summed E-state index contributed by atoms with van der Waals surface area (Å²) < 4.78 is 4.87. The van der Waals surface area contributed by atoms with Crippen LogP contribution in [0.3, 0.4) is 0 Å². The molecule has 23 heavy (non-hydrogen) atoms. The lowest BCUT2D eigenvalue weighted by Crippen LogP contribution is -2.48. The van der Waals surface area contributed by atoms with E-state index >= 15 is 0 Å². The maximum absolute atomic E-state index is 11.8. The van der Waals surface area contributed by atoms with Crippen molar-refractivity contribution in [3.63, 3.8) is 0 Å². The van der Waals surface area contributed by atoms with Crippen molar-refractivity contribution in [2.45, 2.75) is 38.6 Å². The number of benzene rings is 1. The minimum atomic E-state index is -0.643. The molecule has 2 atom stereocenters. The van der Waals surface area contributed by atoms with Crippen molar-refractivity contribution in [1.29, 1.82) is 0 Å². The van der Waals surface area contributed by atoms with Gasteiger partial charge >= 0.3 is 12.0 Å². The Labute approximate surface area is 135 Å². The van der Waals surface area contributed by atoms with Crippen LogP contribution in [0.4, 0.5) is 4.79 Å². The first kappa shape index (κ1) is 17.0. The van der Waals surface area contributed by atoms with E-state index in [0.717, 1.165) is 19.3 Å². The van der Waals surface area contributed by atoms with Crippen molar-refractivity contribution in [3.8, 4) is 0 Å². The van der Waals surface area contributed by atoms with Gasteiger partial charge in [0.25, 0.3) is 5.91 Å². The standard InChI is InChI=1S/C17H22N2O4/c1-12-7-5-6-10-14(12)18-17(22)19-15(20)11-23-16(21)13-8-3-2-4-9-13/h2-4,8-9,12,14H,5-7,10-11H2,1H3,(H2,18,19,20,22)/t12-,14+/m0/s1. The monoisotopic (exact) mass is 318 g/mol. The van der Waals surface area contributed by atoms with Crippen LogP contribution >= 0.6 is 0 Å². The summed E-state index contributed by atoms with van der Waals surface area (Å²) in [7, 11) is 0. The van der Waals surface area contributed by atoms with Crippen molar-refractivity contribution in [2.24, 2.45) is 5.92 Å². The Balaban J connectivity index is 1.71. The fourth-order valence-corrected chi connectivity index (χ4v) is 2.69. The zero-order chi connectivity index (χ0) is 16.7. The lowest BCUT2D eigenvalue weighted by Gasteiger charge is -2.29. The fraction of sp³-hybridized carbons (Fsp3) is 0.471. The van der Waals surface area contributed by atoms with Gasteiger partial charge in [0, 0.05) is 6.04 Å². The summed E-state index contributed by atoms with van der Waals surface area (Å²) >= 11 is 0. The smallest absolute Gasteiger partial charge is 0.338 e. The number of carbonyl (C=O) groups is 3. The van der Waals surface area contributed by atoms with Crippen molar-refractivity contribution < 1.29 is 19.1 Å². The largest absolute Gasteiger partial charge is 0.452 e. The number of amides is 3. The lowest BCUT2D eigenvalue weighted by molar-refractivity contribution is -0.123. The summed E-state index contributed by atoms with van der Waals surface area (Å²) in [5.74, 6) is -0.835. The molecule has 2 N–H and O–H groups in total. The van der Waals surface area contributed by atoms with Gasteiger partial charge in [-0.15, -0.1) is 0 Å². The molecule has 0 radical (unpaired) electrons. The third kappa shape index (κ3) is 5.39. The van der Waals surface area contributed by atoms with Crippen LogP contribution < -0.4 is 10.6 Å². The molecular formula is C17H22N2O4. The molecule has 2 rings (SSSR count). The van der Waals surface area contributed by atoms with E-state index in [1.54, 1.807) is 30.3 Å². The van der Waals surface area contributed by atoms with Gasteiger partial charge in [0.05, 0.1) is 5.56 Å². The Morgan fingerprint density at radius 3 is 2.52 bits per heavy atom. The van der Waals surface area contributed by atoms with Crippen LogP contribution in [0.15, 0.2) is 30.3 Å². The predicted octanol–water partition coefficient (Wildman–Crippen LogP) is 2.25. The number of ether oxygens (including phenoxy) is 1. The van der Waals surface area contributed by atoms with Crippen LogP contribution in [0.1, 0.15) is 43.0 Å². The summed E-state index contributed by atoms with van der Waals surface area (Å²) in [6.45, 7) is 1.61. The van der Waals surface area contributed by atoms with Gasteiger partial charge in [0.2, 0.25) is 0 Å². The maximum Gasteiger partial charge on any atom is 0.338 e. The number of esters is 1. The number of carbonyl (C=O) groups excluding carboxylic acids is 3. The van der Waals surface area contributed by atoms with E-state index in [1.807, 2.05) is 0 Å². The molecule has 3 amide bonds. The Hall–Kier alpha value is -2.37. The Morgan fingerprint density at radius 1 is 1.13 bits per heavy atom. The fourth-order valence-electron chi connectivity index (χ4n) is 2.69. The molecule has 0 heterocycles. The van der Waals surface area contributed by atoms with Crippen LogP contribution in [0.25, 0.3) is 0 Å². The number of hydrogen-bond donors (Lipinski definition) is 2. The van der Waals surface area contributed by atoms with Gasteiger partial charge < -0.3 is 10.1 Å². The molecule has 124 valence electrons. The molecule has 1 aromatic carbocycles. The normalized spacial score (nSPS) is 20.4. The van der Waals surface area contributed by atoms with Crippen molar-refractivity contribution >= 4 is 17.9 Å². The third-order valence-corrected chi connectivity index (χ3v) is 4.02. The summed E-state index contributed by atoms with van der Waals surface area (Å²) in [5.41, 5.74) is 0.362. The van der Waals surface area contributed by atoms with Gasteiger partial charge in [-0.25, -0.2) is 9.59 Å². The van der Waals surface area contributed by atoms with Crippen molar-refractivity contribution in [1.82, 2.24) is 10.6 Å². The van der Waals surface area contributed by atoms with E-state index in [2.05, 4.69) is 17.6 Å². The Bertz CT molecular complexity index is 559. The molecule has 1 aliphatic carbocycles. The number of nitrogens with one attached hydrogen (secondary N) is 2. The Kier molecular flexibility index (Phi) is 6.14. The lowest BCUT2D eigenvalue weighted by atomic mass is 9.86. The highest BCUT2D eigenvalue weighted by atomic mass is 16.5. The molecule has 0 unspecified atom stereocenters. The topological polar surface area (TPSA) is 84.5 Å². The number of hydrogen-bond acceptors (Lipinski definition) is 4. The second kappa shape index (κ2) is 8.31. The first-order valence-electron chi connectivity index (χ1n) is 7.89. The minimum absolute atomic E-state index is 0.0865. The van der Waals surface area contributed by atoms with E-state index in [0.29, 0.717) is 11.5 Å². The van der Waals surface area contributed by atoms with Crippen LogP contribution in [-0.2, 0) is 9.53 Å². The zero-order valence-electron chi connectivity index (χ0n) is 13.2. The minimum Gasteiger partial charge on any atom is -0.452 e. The summed E-state index contributed by atoms with van der Waals surface area (Å²) in [6.07, 6.45) is 4.26. The van der Waals surface area contributed by atoms with Gasteiger partial charge in [0.1, 0.15) is 0 Å². The summed E-state index contributed by atoms with van der Waals surface area (Å²) in [4.78, 5) is 35.2. The molecule has 1 saturated carbocycles. The number of urea groups is 1. The molecule has 0 aliphatic heterocycles. The molecule has 1 aromatic rings. The summed E-state index contributed by atoms with van der Waals surface area (Å²) in [5, 5.41) is 5.00. The molecule has 1 aliphatic rings. The zero-order valence-corrected chi connectivity index (χ0v) is 13.2. The molecular weight excluding hydrogens is 296 g/mol. The van der Waals surface area contributed by atoms with Crippen LogP contribution in [-0.4, -0.2) is 30.6 Å². The number of rotatable bonds is 4. The maximum atomic E-state index is 11.8. The average Bonchev–Trinajstić information content (AvgIpc) is 2.55. The molecule has 0 spiro atoms. The second-order valence-corrected chi connectivity index (χ2v) is 5.83. The van der Waals surface area contributed by atoms with Gasteiger partial charge in [-0.05, 0) is 30.9 Å². The number of imide groups is 1. The highest BCUT2D eigenvalue weighted by Gasteiger charge is 2.23. The van der Waals surface area contributed by atoms with Gasteiger partial charge in [0.15, 0.2) is 6.61 Å². The van der Waals surface area contributed by atoms with Crippen molar-refractivity contribution in [3.05, 3.63) is 35.9 Å². The van der Waals surface area contributed by atoms with Crippen molar-refractivity contribution in [2.75, 3.05) is 6.61 Å². The quantitative estimate of drug-likeness (QED) is 0.834. The molecule has 0 bridgehead atoms. The van der Waals surface area contributed by atoms with E-state index in [9.17, 15) is 14.4 Å².